The molecular formula is C14H19N3O2S. The molecule has 2 rings (SSSR count). The van der Waals surface area contributed by atoms with Crippen molar-refractivity contribution in [2.45, 2.75) is 25.3 Å². The van der Waals surface area contributed by atoms with Gasteiger partial charge >= 0.3 is 0 Å². The molecule has 3 N–H and O–H groups in total. The van der Waals surface area contributed by atoms with Crippen molar-refractivity contribution >= 4 is 15.7 Å². The number of sulfonamides is 1. The van der Waals surface area contributed by atoms with Gasteiger partial charge in [-0.25, -0.2) is 8.42 Å². The predicted molar refractivity (Wildman–Crippen MR) is 80.0 cm³/mol. The van der Waals surface area contributed by atoms with Gasteiger partial charge in [-0.05, 0) is 37.1 Å². The number of anilines is 1. The van der Waals surface area contributed by atoms with E-state index in [2.05, 4.69) is 4.72 Å². The van der Waals surface area contributed by atoms with Gasteiger partial charge in [0, 0.05) is 25.5 Å². The zero-order valence-electron chi connectivity index (χ0n) is 11.8. The first kappa shape index (κ1) is 14.6. The normalized spacial score (nSPS) is 11.6. The van der Waals surface area contributed by atoms with Crippen LogP contribution in [0.3, 0.4) is 0 Å². The second kappa shape index (κ2) is 5.30. The van der Waals surface area contributed by atoms with Crippen LogP contribution in [0, 0.1) is 13.8 Å². The number of aryl methyl sites for hydroxylation is 2. The quantitative estimate of drug-likeness (QED) is 0.904. The SMILES string of the molecule is Cc1cccc(NS(=O)(=O)c2cc(CN)n(C)c2)c1C. The molecule has 0 radical (unpaired) electrons. The second-order valence-electron chi connectivity index (χ2n) is 4.84. The molecule has 0 spiro atoms. The van der Waals surface area contributed by atoms with Crippen LogP contribution >= 0.6 is 0 Å². The Balaban J connectivity index is 2.38. The van der Waals surface area contributed by atoms with Crippen molar-refractivity contribution in [1.29, 1.82) is 0 Å². The summed E-state index contributed by atoms with van der Waals surface area (Å²) in [5, 5.41) is 0. The lowest BCUT2D eigenvalue weighted by Gasteiger charge is -2.11. The monoisotopic (exact) mass is 293 g/mol. The van der Waals surface area contributed by atoms with Gasteiger partial charge in [-0.1, -0.05) is 12.1 Å². The minimum absolute atomic E-state index is 0.223. The van der Waals surface area contributed by atoms with Crippen LogP contribution in [-0.4, -0.2) is 13.0 Å². The van der Waals surface area contributed by atoms with Gasteiger partial charge in [0.2, 0.25) is 0 Å². The van der Waals surface area contributed by atoms with E-state index in [1.807, 2.05) is 26.0 Å². The van der Waals surface area contributed by atoms with Gasteiger partial charge in [0.05, 0.1) is 5.69 Å². The molecule has 0 unspecified atom stereocenters. The third-order valence-electron chi connectivity index (χ3n) is 3.45. The Kier molecular flexibility index (Phi) is 3.87. The first-order valence-corrected chi connectivity index (χ1v) is 7.78. The highest BCUT2D eigenvalue weighted by Gasteiger charge is 2.18. The van der Waals surface area contributed by atoms with Crippen molar-refractivity contribution in [3.05, 3.63) is 47.3 Å². The summed E-state index contributed by atoms with van der Waals surface area (Å²) in [6.45, 7) is 4.14. The van der Waals surface area contributed by atoms with Gasteiger partial charge in [0.15, 0.2) is 0 Å². The Morgan fingerprint density at radius 2 is 2.00 bits per heavy atom. The van der Waals surface area contributed by atoms with E-state index in [0.717, 1.165) is 16.8 Å². The van der Waals surface area contributed by atoms with Crippen molar-refractivity contribution < 1.29 is 8.42 Å². The molecule has 0 saturated carbocycles. The highest BCUT2D eigenvalue weighted by molar-refractivity contribution is 7.92. The molecule has 5 nitrogen and oxygen atoms in total. The molecule has 6 heteroatoms. The molecule has 0 fully saturated rings. The lowest BCUT2D eigenvalue weighted by molar-refractivity contribution is 0.601. The maximum atomic E-state index is 12.4. The Labute approximate surface area is 119 Å². The molecule has 0 atom stereocenters. The fourth-order valence-corrected chi connectivity index (χ4v) is 3.21. The van der Waals surface area contributed by atoms with Crippen molar-refractivity contribution in [3.63, 3.8) is 0 Å². The number of hydrogen-bond donors (Lipinski definition) is 2. The van der Waals surface area contributed by atoms with E-state index in [0.29, 0.717) is 12.2 Å². The smallest absolute Gasteiger partial charge is 0.263 e. The molecule has 2 aromatic rings. The zero-order chi connectivity index (χ0) is 14.9. The van der Waals surface area contributed by atoms with Crippen molar-refractivity contribution in [2.24, 2.45) is 12.8 Å². The topological polar surface area (TPSA) is 77.1 Å². The summed E-state index contributed by atoms with van der Waals surface area (Å²) in [6, 6.07) is 7.12. The van der Waals surface area contributed by atoms with Crippen LogP contribution in [0.2, 0.25) is 0 Å². The molecule has 0 amide bonds. The molecule has 0 bridgehead atoms. The summed E-state index contributed by atoms with van der Waals surface area (Å²) in [5.74, 6) is 0. The molecule has 0 aliphatic heterocycles. The van der Waals surface area contributed by atoms with Crippen LogP contribution in [-0.2, 0) is 23.6 Å². The fourth-order valence-electron chi connectivity index (χ4n) is 1.99. The van der Waals surface area contributed by atoms with E-state index < -0.39 is 10.0 Å². The minimum Gasteiger partial charge on any atom is -0.352 e. The predicted octanol–water partition coefficient (Wildman–Crippen LogP) is 1.90. The van der Waals surface area contributed by atoms with Gasteiger partial charge < -0.3 is 10.3 Å². The summed E-state index contributed by atoms with van der Waals surface area (Å²) >= 11 is 0. The summed E-state index contributed by atoms with van der Waals surface area (Å²) in [6.07, 6.45) is 1.57. The van der Waals surface area contributed by atoms with Crippen molar-refractivity contribution in [1.82, 2.24) is 4.57 Å². The third kappa shape index (κ3) is 2.71. The Hall–Kier alpha value is -1.79. The molecule has 1 aromatic carbocycles. The second-order valence-corrected chi connectivity index (χ2v) is 6.52. The maximum Gasteiger partial charge on any atom is 0.263 e. The zero-order valence-corrected chi connectivity index (χ0v) is 12.7. The van der Waals surface area contributed by atoms with Crippen LogP contribution < -0.4 is 10.5 Å². The van der Waals surface area contributed by atoms with Crippen LogP contribution in [0.25, 0.3) is 0 Å². The van der Waals surface area contributed by atoms with E-state index in [4.69, 9.17) is 5.73 Å². The number of aromatic nitrogens is 1. The van der Waals surface area contributed by atoms with Gasteiger partial charge in [0.1, 0.15) is 4.90 Å². The first-order valence-electron chi connectivity index (χ1n) is 6.29. The number of rotatable bonds is 4. The van der Waals surface area contributed by atoms with E-state index in [1.54, 1.807) is 29.9 Å². The molecule has 0 saturated heterocycles. The van der Waals surface area contributed by atoms with Crippen LogP contribution in [0.15, 0.2) is 35.4 Å². The van der Waals surface area contributed by atoms with Gasteiger partial charge in [-0.15, -0.1) is 0 Å². The summed E-state index contributed by atoms with van der Waals surface area (Å²) in [5.41, 5.74) is 8.90. The third-order valence-corrected chi connectivity index (χ3v) is 4.78. The van der Waals surface area contributed by atoms with Crippen molar-refractivity contribution in [2.75, 3.05) is 4.72 Å². The Morgan fingerprint density at radius 1 is 1.30 bits per heavy atom. The number of benzene rings is 1. The largest absolute Gasteiger partial charge is 0.352 e. The fraction of sp³-hybridized carbons (Fsp3) is 0.286. The molecule has 20 heavy (non-hydrogen) atoms. The molecule has 1 aromatic heterocycles. The summed E-state index contributed by atoms with van der Waals surface area (Å²) in [4.78, 5) is 0.223. The lowest BCUT2D eigenvalue weighted by atomic mass is 10.1. The minimum atomic E-state index is -3.59. The average molecular weight is 293 g/mol. The first-order chi connectivity index (χ1) is 9.35. The average Bonchev–Trinajstić information content (AvgIpc) is 2.77. The molecule has 108 valence electrons. The van der Waals surface area contributed by atoms with E-state index in [-0.39, 0.29) is 4.90 Å². The molecular weight excluding hydrogens is 274 g/mol. The maximum absolute atomic E-state index is 12.4. The highest BCUT2D eigenvalue weighted by Crippen LogP contribution is 2.22. The van der Waals surface area contributed by atoms with Crippen LogP contribution in [0.4, 0.5) is 5.69 Å². The Morgan fingerprint density at radius 3 is 2.60 bits per heavy atom. The van der Waals surface area contributed by atoms with Crippen LogP contribution in [0.1, 0.15) is 16.8 Å². The lowest BCUT2D eigenvalue weighted by Crippen LogP contribution is -2.13. The Bertz CT molecular complexity index is 733. The van der Waals surface area contributed by atoms with E-state index in [1.165, 1.54) is 0 Å². The molecule has 1 heterocycles. The van der Waals surface area contributed by atoms with E-state index >= 15 is 0 Å². The number of nitrogens with zero attached hydrogens (tertiary/aromatic N) is 1. The van der Waals surface area contributed by atoms with Gasteiger partial charge in [0.25, 0.3) is 10.0 Å². The summed E-state index contributed by atoms with van der Waals surface area (Å²) < 4.78 is 29.1. The summed E-state index contributed by atoms with van der Waals surface area (Å²) in [7, 11) is -1.81. The standard InChI is InChI=1S/C14H19N3O2S/c1-10-5-4-6-14(11(10)2)16-20(18,19)13-7-12(8-15)17(3)9-13/h4-7,9,16H,8,15H2,1-3H3. The molecule has 0 aliphatic rings. The highest BCUT2D eigenvalue weighted by atomic mass is 32.2. The number of nitrogens with two attached hydrogens (primary N) is 1. The number of nitrogens with one attached hydrogen (secondary N) is 1. The van der Waals surface area contributed by atoms with Gasteiger partial charge in [-0.2, -0.15) is 0 Å². The van der Waals surface area contributed by atoms with Gasteiger partial charge in [-0.3, -0.25) is 4.72 Å². The van der Waals surface area contributed by atoms with E-state index in [9.17, 15) is 8.42 Å². The van der Waals surface area contributed by atoms with Crippen molar-refractivity contribution in [3.8, 4) is 0 Å². The number of hydrogen-bond acceptors (Lipinski definition) is 3. The van der Waals surface area contributed by atoms with Crippen LogP contribution in [0.5, 0.6) is 0 Å². The molecule has 0 aliphatic carbocycles.